The van der Waals surface area contributed by atoms with Gasteiger partial charge in [-0.05, 0) is 12.0 Å². The van der Waals surface area contributed by atoms with E-state index in [1.807, 2.05) is 30.3 Å². The Morgan fingerprint density at radius 1 is 1.31 bits per heavy atom. The largest absolute Gasteiger partial charge is 0.368 e. The molecule has 1 aromatic rings. The molecule has 0 aliphatic heterocycles. The topological polar surface area (TPSA) is 72.2 Å². The number of primary amides is 1. The normalized spacial score (nSPS) is 11.8. The molecule has 0 aromatic heterocycles. The Morgan fingerprint density at radius 3 is 2.50 bits per heavy atom. The van der Waals surface area contributed by atoms with Crippen LogP contribution in [0.25, 0.3) is 0 Å². The van der Waals surface area contributed by atoms with Gasteiger partial charge in [0.05, 0.1) is 11.8 Å². The highest BCUT2D eigenvalue weighted by Gasteiger charge is 2.14. The first-order chi connectivity index (χ1) is 7.59. The molecule has 3 N–H and O–H groups in total. The number of nitrogens with two attached hydrogens (primary N) is 1. The maximum Gasteiger partial charge on any atom is 0.236 e. The van der Waals surface area contributed by atoms with Crippen molar-refractivity contribution in [3.8, 4) is 0 Å². The van der Waals surface area contributed by atoms with Gasteiger partial charge in [0.1, 0.15) is 0 Å². The lowest BCUT2D eigenvalue weighted by molar-refractivity contribution is -0.124. The first-order valence-electron chi connectivity index (χ1n) is 4.87. The molecule has 1 unspecified atom stereocenters. The Labute approximate surface area is 99.6 Å². The summed E-state index contributed by atoms with van der Waals surface area (Å²) >= 11 is 4.17. The fraction of sp³-hybridized carbons (Fsp3) is 0.273. The van der Waals surface area contributed by atoms with E-state index in [0.717, 1.165) is 5.56 Å². The predicted molar refractivity (Wildman–Crippen MR) is 65.1 cm³/mol. The molecule has 0 spiro atoms. The molecule has 2 amide bonds. The van der Waals surface area contributed by atoms with Gasteiger partial charge in [0.15, 0.2) is 0 Å². The van der Waals surface area contributed by atoms with E-state index in [9.17, 15) is 9.59 Å². The maximum atomic E-state index is 11.5. The van der Waals surface area contributed by atoms with Crippen molar-refractivity contribution < 1.29 is 9.59 Å². The minimum atomic E-state index is -0.561. The molecule has 1 atom stereocenters. The van der Waals surface area contributed by atoms with E-state index in [4.69, 9.17) is 5.73 Å². The summed E-state index contributed by atoms with van der Waals surface area (Å²) in [5.74, 6) is -0.848. The average Bonchev–Trinajstić information content (AvgIpc) is 2.27. The van der Waals surface area contributed by atoms with Gasteiger partial charge in [-0.2, -0.15) is 12.6 Å². The van der Waals surface area contributed by atoms with Crippen LogP contribution in [0.2, 0.25) is 0 Å². The van der Waals surface area contributed by atoms with Gasteiger partial charge in [0.2, 0.25) is 11.8 Å². The highest BCUT2D eigenvalue weighted by molar-refractivity contribution is 7.81. The molecular weight excluding hydrogens is 224 g/mol. The molecule has 1 rings (SSSR count). The van der Waals surface area contributed by atoms with Crippen LogP contribution in [0.4, 0.5) is 0 Å². The number of amides is 2. The second-order valence-corrected chi connectivity index (χ2v) is 4.01. The number of nitrogens with one attached hydrogen (secondary N) is 1. The SMILES string of the molecule is NC(=O)CNC(=O)C(S)Cc1ccccc1. The third-order valence-electron chi connectivity index (χ3n) is 2.01. The Balaban J connectivity index is 2.43. The Hall–Kier alpha value is -1.49. The van der Waals surface area contributed by atoms with E-state index in [1.54, 1.807) is 0 Å². The summed E-state index contributed by atoms with van der Waals surface area (Å²) in [4.78, 5) is 21.9. The summed E-state index contributed by atoms with van der Waals surface area (Å²) in [5, 5.41) is 1.94. The first kappa shape index (κ1) is 12.6. The summed E-state index contributed by atoms with van der Waals surface area (Å²) in [5.41, 5.74) is 5.94. The molecule has 1 aromatic carbocycles. The summed E-state index contributed by atoms with van der Waals surface area (Å²) < 4.78 is 0. The van der Waals surface area contributed by atoms with Crippen molar-refractivity contribution in [3.63, 3.8) is 0 Å². The first-order valence-corrected chi connectivity index (χ1v) is 5.39. The number of rotatable bonds is 5. The van der Waals surface area contributed by atoms with E-state index < -0.39 is 11.2 Å². The van der Waals surface area contributed by atoms with E-state index in [1.165, 1.54) is 0 Å². The van der Waals surface area contributed by atoms with Crippen LogP contribution in [0.3, 0.4) is 0 Å². The molecule has 0 heterocycles. The van der Waals surface area contributed by atoms with Crippen LogP contribution >= 0.6 is 12.6 Å². The molecule has 5 heteroatoms. The predicted octanol–water partition coefficient (Wildman–Crippen LogP) is 0.129. The highest BCUT2D eigenvalue weighted by atomic mass is 32.1. The van der Waals surface area contributed by atoms with Crippen molar-refractivity contribution in [2.75, 3.05) is 6.54 Å². The Bertz CT molecular complexity index is 368. The van der Waals surface area contributed by atoms with Crippen molar-refractivity contribution in [3.05, 3.63) is 35.9 Å². The molecule has 0 saturated carbocycles. The minimum absolute atomic E-state index is 0.148. The number of carbonyl (C=O) groups excluding carboxylic acids is 2. The number of benzene rings is 1. The van der Waals surface area contributed by atoms with Gasteiger partial charge >= 0.3 is 0 Å². The van der Waals surface area contributed by atoms with Crippen molar-refractivity contribution in [1.82, 2.24) is 5.32 Å². The fourth-order valence-electron chi connectivity index (χ4n) is 1.22. The molecule has 0 saturated heterocycles. The third-order valence-corrected chi connectivity index (χ3v) is 2.43. The van der Waals surface area contributed by atoms with Crippen molar-refractivity contribution in [2.24, 2.45) is 5.73 Å². The Morgan fingerprint density at radius 2 is 1.94 bits per heavy atom. The smallest absolute Gasteiger partial charge is 0.236 e. The zero-order valence-electron chi connectivity index (χ0n) is 8.72. The van der Waals surface area contributed by atoms with Crippen LogP contribution in [-0.4, -0.2) is 23.6 Å². The zero-order valence-corrected chi connectivity index (χ0v) is 9.61. The zero-order chi connectivity index (χ0) is 12.0. The lowest BCUT2D eigenvalue weighted by Gasteiger charge is -2.10. The van der Waals surface area contributed by atoms with Crippen LogP contribution in [-0.2, 0) is 16.0 Å². The molecular formula is C11H14N2O2S. The van der Waals surface area contributed by atoms with Gasteiger partial charge in [-0.15, -0.1) is 0 Å². The minimum Gasteiger partial charge on any atom is -0.368 e. The van der Waals surface area contributed by atoms with E-state index in [2.05, 4.69) is 17.9 Å². The molecule has 0 fully saturated rings. The number of hydrogen-bond acceptors (Lipinski definition) is 3. The molecule has 0 radical (unpaired) electrons. The second-order valence-electron chi connectivity index (χ2n) is 3.39. The lowest BCUT2D eigenvalue weighted by Crippen LogP contribution is -2.38. The second kappa shape index (κ2) is 6.17. The molecule has 0 aliphatic carbocycles. The Kier molecular flexibility index (Phi) is 4.85. The van der Waals surface area contributed by atoms with Gasteiger partial charge in [0.25, 0.3) is 0 Å². The monoisotopic (exact) mass is 238 g/mol. The summed E-state index contributed by atoms with van der Waals surface area (Å²) in [7, 11) is 0. The van der Waals surface area contributed by atoms with Crippen molar-refractivity contribution >= 4 is 24.4 Å². The van der Waals surface area contributed by atoms with Gasteiger partial charge in [-0.3, -0.25) is 9.59 Å². The number of carbonyl (C=O) groups is 2. The standard InChI is InChI=1S/C11H14N2O2S/c12-10(14)7-13-11(15)9(16)6-8-4-2-1-3-5-8/h1-5,9,16H,6-7H2,(H2,12,14)(H,13,15). The van der Waals surface area contributed by atoms with Crippen molar-refractivity contribution in [1.29, 1.82) is 0 Å². The van der Waals surface area contributed by atoms with Crippen LogP contribution in [0.15, 0.2) is 30.3 Å². The molecule has 86 valence electrons. The van der Waals surface area contributed by atoms with Gasteiger partial charge in [-0.1, -0.05) is 30.3 Å². The van der Waals surface area contributed by atoms with E-state index in [0.29, 0.717) is 6.42 Å². The fourth-order valence-corrected chi connectivity index (χ4v) is 1.52. The molecule has 0 aliphatic rings. The summed E-state index contributed by atoms with van der Waals surface area (Å²) in [6.45, 7) is -0.148. The molecule has 0 bridgehead atoms. The van der Waals surface area contributed by atoms with E-state index >= 15 is 0 Å². The molecule has 16 heavy (non-hydrogen) atoms. The van der Waals surface area contributed by atoms with Crippen LogP contribution in [0.5, 0.6) is 0 Å². The van der Waals surface area contributed by atoms with Crippen LogP contribution in [0, 0.1) is 0 Å². The number of hydrogen-bond donors (Lipinski definition) is 3. The highest BCUT2D eigenvalue weighted by Crippen LogP contribution is 2.07. The lowest BCUT2D eigenvalue weighted by atomic mass is 10.1. The van der Waals surface area contributed by atoms with Crippen LogP contribution in [0.1, 0.15) is 5.56 Å². The maximum absolute atomic E-state index is 11.5. The number of thiol groups is 1. The van der Waals surface area contributed by atoms with Gasteiger partial charge in [-0.25, -0.2) is 0 Å². The van der Waals surface area contributed by atoms with Gasteiger partial charge < -0.3 is 11.1 Å². The van der Waals surface area contributed by atoms with Crippen LogP contribution < -0.4 is 11.1 Å². The van der Waals surface area contributed by atoms with Gasteiger partial charge in [0, 0.05) is 0 Å². The third kappa shape index (κ3) is 4.35. The average molecular weight is 238 g/mol. The molecule has 4 nitrogen and oxygen atoms in total. The summed E-state index contributed by atoms with van der Waals surface area (Å²) in [6, 6.07) is 9.55. The quantitative estimate of drug-likeness (QED) is 0.638. The van der Waals surface area contributed by atoms with Crippen molar-refractivity contribution in [2.45, 2.75) is 11.7 Å². The van der Waals surface area contributed by atoms with E-state index in [-0.39, 0.29) is 12.5 Å². The summed E-state index contributed by atoms with van der Waals surface area (Å²) in [6.07, 6.45) is 0.522.